The average Bonchev–Trinajstić information content (AvgIpc) is 2.38. The number of unbranched alkanes of at least 4 members (excludes halogenated alkanes) is 2. The van der Waals surface area contributed by atoms with Crippen LogP contribution in [0.25, 0.3) is 0 Å². The second-order valence-corrected chi connectivity index (χ2v) is 4.70. The van der Waals surface area contributed by atoms with Crippen molar-refractivity contribution in [2.75, 3.05) is 19.6 Å². The topological polar surface area (TPSA) is 122 Å². The predicted octanol–water partition coefficient (Wildman–Crippen LogP) is -0.630. The number of nitrogens with one attached hydrogen (secondary N) is 3. The highest BCUT2D eigenvalue weighted by Gasteiger charge is 2.02. The van der Waals surface area contributed by atoms with Gasteiger partial charge in [-0.25, -0.2) is 0 Å². The lowest BCUT2D eigenvalue weighted by Crippen LogP contribution is -2.45. The molecule has 0 aliphatic carbocycles. The van der Waals surface area contributed by atoms with Gasteiger partial charge in [0, 0.05) is 25.9 Å². The van der Waals surface area contributed by atoms with Gasteiger partial charge in [0.25, 0.3) is 0 Å². The molecule has 0 heterocycles. The summed E-state index contributed by atoms with van der Waals surface area (Å²) in [4.78, 5) is 22.6. The fraction of sp³-hybridized carbons (Fsp3) is 0.846. The summed E-state index contributed by atoms with van der Waals surface area (Å²) >= 11 is 0. The van der Waals surface area contributed by atoms with Gasteiger partial charge in [-0.05, 0) is 39.2 Å². The van der Waals surface area contributed by atoms with Crippen molar-refractivity contribution in [2.45, 2.75) is 51.7 Å². The van der Waals surface area contributed by atoms with Crippen molar-refractivity contribution in [3.63, 3.8) is 0 Å². The minimum absolute atomic E-state index is 0.0556. The van der Waals surface area contributed by atoms with E-state index in [9.17, 15) is 9.59 Å². The van der Waals surface area contributed by atoms with Gasteiger partial charge in [0.05, 0.1) is 0 Å². The molecule has 7 nitrogen and oxygen atoms in total. The van der Waals surface area contributed by atoms with Crippen LogP contribution >= 0.6 is 0 Å². The van der Waals surface area contributed by atoms with Gasteiger partial charge < -0.3 is 22.1 Å². The van der Waals surface area contributed by atoms with E-state index in [0.717, 1.165) is 32.2 Å². The first-order valence-electron chi connectivity index (χ1n) is 7.34. The van der Waals surface area contributed by atoms with Gasteiger partial charge in [0.15, 0.2) is 0 Å². The SMILES string of the molecule is CCNC(=O)CCCCNC(=O)CCCCNC(N)N. The Hall–Kier alpha value is -1.18. The molecule has 0 radical (unpaired) electrons. The summed E-state index contributed by atoms with van der Waals surface area (Å²) in [6.07, 6.45) is 3.84. The second-order valence-electron chi connectivity index (χ2n) is 4.70. The Morgan fingerprint density at radius 2 is 1.45 bits per heavy atom. The van der Waals surface area contributed by atoms with Crippen molar-refractivity contribution in [3.05, 3.63) is 0 Å². The Balaban J connectivity index is 3.30. The minimum atomic E-state index is -0.492. The molecule has 0 bridgehead atoms. The molecule has 0 aromatic carbocycles. The van der Waals surface area contributed by atoms with Crippen molar-refractivity contribution in [1.29, 1.82) is 0 Å². The molecule has 0 fully saturated rings. The maximum atomic E-state index is 11.5. The monoisotopic (exact) mass is 287 g/mol. The van der Waals surface area contributed by atoms with E-state index < -0.39 is 6.29 Å². The molecule has 0 saturated carbocycles. The predicted molar refractivity (Wildman–Crippen MR) is 79.6 cm³/mol. The van der Waals surface area contributed by atoms with Gasteiger partial charge >= 0.3 is 0 Å². The summed E-state index contributed by atoms with van der Waals surface area (Å²) < 4.78 is 0. The molecule has 7 N–H and O–H groups in total. The van der Waals surface area contributed by atoms with E-state index in [1.54, 1.807) is 0 Å². The maximum Gasteiger partial charge on any atom is 0.219 e. The molecule has 20 heavy (non-hydrogen) atoms. The highest BCUT2D eigenvalue weighted by molar-refractivity contribution is 5.76. The summed E-state index contributed by atoms with van der Waals surface area (Å²) in [6, 6.07) is 0. The third kappa shape index (κ3) is 13.3. The Bertz CT molecular complexity index is 271. The zero-order valence-corrected chi connectivity index (χ0v) is 12.4. The smallest absolute Gasteiger partial charge is 0.219 e. The van der Waals surface area contributed by atoms with Crippen LogP contribution in [-0.2, 0) is 9.59 Å². The lowest BCUT2D eigenvalue weighted by Gasteiger charge is -2.08. The van der Waals surface area contributed by atoms with Gasteiger partial charge in [-0.15, -0.1) is 0 Å². The van der Waals surface area contributed by atoms with E-state index >= 15 is 0 Å². The zero-order valence-electron chi connectivity index (χ0n) is 12.4. The highest BCUT2D eigenvalue weighted by Crippen LogP contribution is 1.96. The minimum Gasteiger partial charge on any atom is -0.356 e. The number of hydrogen-bond donors (Lipinski definition) is 5. The zero-order chi connectivity index (χ0) is 15.2. The fourth-order valence-electron chi connectivity index (χ4n) is 1.69. The fourth-order valence-corrected chi connectivity index (χ4v) is 1.69. The Kier molecular flexibility index (Phi) is 12.1. The van der Waals surface area contributed by atoms with Gasteiger partial charge in [-0.3, -0.25) is 14.9 Å². The van der Waals surface area contributed by atoms with Gasteiger partial charge in [-0.2, -0.15) is 0 Å². The van der Waals surface area contributed by atoms with Crippen molar-refractivity contribution >= 4 is 11.8 Å². The number of carbonyl (C=O) groups excluding carboxylic acids is 2. The Labute approximate surface area is 121 Å². The molecule has 0 aromatic heterocycles. The summed E-state index contributed by atoms with van der Waals surface area (Å²) in [5.74, 6) is 0.129. The number of hydrogen-bond acceptors (Lipinski definition) is 5. The van der Waals surface area contributed by atoms with Crippen molar-refractivity contribution in [1.82, 2.24) is 16.0 Å². The summed E-state index contributed by atoms with van der Waals surface area (Å²) in [5, 5.41) is 8.48. The molecular weight excluding hydrogens is 258 g/mol. The molecule has 2 amide bonds. The molecule has 0 rings (SSSR count). The standard InChI is InChI=1S/C13H29N5O2/c1-2-16-11(19)7-3-5-9-17-12(20)8-4-6-10-18-13(14)15/h13,18H,2-10,14-15H2,1H3,(H,16,19)(H,17,20). The van der Waals surface area contributed by atoms with E-state index in [2.05, 4.69) is 16.0 Å². The van der Waals surface area contributed by atoms with E-state index in [4.69, 9.17) is 11.5 Å². The van der Waals surface area contributed by atoms with E-state index in [0.29, 0.717) is 25.9 Å². The molecule has 0 aliphatic rings. The first-order valence-corrected chi connectivity index (χ1v) is 7.34. The van der Waals surface area contributed by atoms with Gasteiger partial charge in [-0.1, -0.05) is 0 Å². The quantitative estimate of drug-likeness (QED) is 0.242. The lowest BCUT2D eigenvalue weighted by atomic mass is 10.2. The molecule has 0 aromatic rings. The Morgan fingerprint density at radius 1 is 0.900 bits per heavy atom. The van der Waals surface area contributed by atoms with Crippen LogP contribution in [0.1, 0.15) is 45.4 Å². The summed E-state index contributed by atoms with van der Waals surface area (Å²) in [7, 11) is 0. The van der Waals surface area contributed by atoms with Crippen LogP contribution in [0, 0.1) is 0 Å². The average molecular weight is 287 g/mol. The van der Waals surface area contributed by atoms with Gasteiger partial charge in [0.2, 0.25) is 11.8 Å². The van der Waals surface area contributed by atoms with Crippen LogP contribution in [0.15, 0.2) is 0 Å². The first-order chi connectivity index (χ1) is 9.56. The van der Waals surface area contributed by atoms with E-state index in [-0.39, 0.29) is 11.8 Å². The summed E-state index contributed by atoms with van der Waals surface area (Å²) in [5.41, 5.74) is 10.7. The van der Waals surface area contributed by atoms with Gasteiger partial charge in [0.1, 0.15) is 6.29 Å². The van der Waals surface area contributed by atoms with E-state index in [1.807, 2.05) is 6.92 Å². The Morgan fingerprint density at radius 3 is 2.00 bits per heavy atom. The van der Waals surface area contributed by atoms with Crippen molar-refractivity contribution in [3.8, 4) is 0 Å². The van der Waals surface area contributed by atoms with Crippen LogP contribution < -0.4 is 27.4 Å². The normalized spacial score (nSPS) is 10.6. The molecule has 118 valence electrons. The van der Waals surface area contributed by atoms with Crippen molar-refractivity contribution in [2.24, 2.45) is 11.5 Å². The molecular formula is C13H29N5O2. The number of nitrogens with two attached hydrogens (primary N) is 2. The van der Waals surface area contributed by atoms with E-state index in [1.165, 1.54) is 0 Å². The molecule has 0 unspecified atom stereocenters. The molecule has 0 spiro atoms. The molecule has 7 heteroatoms. The van der Waals surface area contributed by atoms with Crippen LogP contribution in [0.2, 0.25) is 0 Å². The van der Waals surface area contributed by atoms with Crippen LogP contribution in [-0.4, -0.2) is 37.7 Å². The molecule has 0 saturated heterocycles. The van der Waals surface area contributed by atoms with Crippen LogP contribution in [0.3, 0.4) is 0 Å². The summed E-state index contributed by atoms with van der Waals surface area (Å²) in [6.45, 7) is 3.91. The number of amides is 2. The largest absolute Gasteiger partial charge is 0.356 e. The second kappa shape index (κ2) is 12.8. The first kappa shape index (κ1) is 18.8. The number of carbonyl (C=O) groups is 2. The lowest BCUT2D eigenvalue weighted by molar-refractivity contribution is -0.121. The van der Waals surface area contributed by atoms with Crippen LogP contribution in [0.5, 0.6) is 0 Å². The van der Waals surface area contributed by atoms with Crippen molar-refractivity contribution < 1.29 is 9.59 Å². The third-order valence-electron chi connectivity index (χ3n) is 2.74. The molecule has 0 aliphatic heterocycles. The highest BCUT2D eigenvalue weighted by atomic mass is 16.2. The molecule has 0 atom stereocenters. The van der Waals surface area contributed by atoms with Crippen LogP contribution in [0.4, 0.5) is 0 Å². The number of rotatable bonds is 12. The maximum absolute atomic E-state index is 11.5. The third-order valence-corrected chi connectivity index (χ3v) is 2.74.